The predicted octanol–water partition coefficient (Wildman–Crippen LogP) is 2.55. The van der Waals surface area contributed by atoms with Gasteiger partial charge in [0, 0.05) is 12.0 Å². The Morgan fingerprint density at radius 3 is 2.82 bits per heavy atom. The number of carbonyl (C=O) groups is 1. The molecule has 108 valence electrons. The summed E-state index contributed by atoms with van der Waals surface area (Å²) in [5, 5.41) is 11.5. The van der Waals surface area contributed by atoms with Gasteiger partial charge in [0.15, 0.2) is 5.71 Å². The number of nitrogens with one attached hydrogen (secondary N) is 1. The van der Waals surface area contributed by atoms with Crippen molar-refractivity contribution in [2.24, 2.45) is 10.2 Å². The standard InChI is InChI=1S/C18H15N3O/c1-10-4-2-3-5-14(10)18(6-7-18)19-17(22)16-13-9-11-8-12(11)15(13)20-21-16/h2-5,9H,6-8H2,1H3,(H,19,22). The molecule has 0 unspecified atom stereocenters. The van der Waals surface area contributed by atoms with Crippen molar-refractivity contribution < 1.29 is 4.79 Å². The zero-order valence-electron chi connectivity index (χ0n) is 12.3. The largest absolute Gasteiger partial charge is 0.341 e. The van der Waals surface area contributed by atoms with Crippen molar-refractivity contribution in [3.05, 3.63) is 58.2 Å². The molecule has 0 radical (unpaired) electrons. The average Bonchev–Trinajstić information content (AvgIpc) is 3.37. The number of amides is 1. The van der Waals surface area contributed by atoms with Crippen LogP contribution in [0, 0.1) is 6.92 Å². The van der Waals surface area contributed by atoms with Crippen LogP contribution in [0.1, 0.15) is 30.4 Å². The summed E-state index contributed by atoms with van der Waals surface area (Å²) in [5.41, 5.74) is 7.11. The van der Waals surface area contributed by atoms with E-state index < -0.39 is 0 Å². The van der Waals surface area contributed by atoms with E-state index in [1.54, 1.807) is 0 Å². The van der Waals surface area contributed by atoms with E-state index in [0.29, 0.717) is 5.71 Å². The van der Waals surface area contributed by atoms with E-state index in [-0.39, 0.29) is 11.4 Å². The number of rotatable bonds is 3. The maximum Gasteiger partial charge on any atom is 0.273 e. The predicted molar refractivity (Wildman–Crippen MR) is 84.8 cm³/mol. The number of nitrogens with zero attached hydrogens (tertiary/aromatic N) is 2. The maximum atomic E-state index is 12.7. The molecule has 3 aliphatic carbocycles. The van der Waals surface area contributed by atoms with Gasteiger partial charge in [-0.15, -0.1) is 10.2 Å². The second-order valence-corrected chi connectivity index (χ2v) is 6.49. The first-order valence-corrected chi connectivity index (χ1v) is 7.67. The minimum Gasteiger partial charge on any atom is -0.341 e. The van der Waals surface area contributed by atoms with Gasteiger partial charge in [0.1, 0.15) is 0 Å². The molecule has 1 aliphatic heterocycles. The Morgan fingerprint density at radius 2 is 2.05 bits per heavy atom. The monoisotopic (exact) mass is 289 g/mol. The van der Waals surface area contributed by atoms with E-state index in [1.807, 2.05) is 12.1 Å². The topological polar surface area (TPSA) is 53.8 Å². The van der Waals surface area contributed by atoms with Crippen molar-refractivity contribution >= 4 is 17.3 Å². The van der Waals surface area contributed by atoms with E-state index in [1.165, 1.54) is 22.3 Å². The smallest absolute Gasteiger partial charge is 0.273 e. The molecule has 1 amide bonds. The van der Waals surface area contributed by atoms with Gasteiger partial charge in [-0.1, -0.05) is 24.3 Å². The Bertz CT molecular complexity index is 866. The molecule has 0 aromatic heterocycles. The van der Waals surface area contributed by atoms with E-state index in [2.05, 4.69) is 40.7 Å². The molecule has 1 heterocycles. The second kappa shape index (κ2) is 3.83. The molecular formula is C18H15N3O. The van der Waals surface area contributed by atoms with Gasteiger partial charge in [0.05, 0.1) is 11.3 Å². The van der Waals surface area contributed by atoms with Gasteiger partial charge in [-0.05, 0) is 48.1 Å². The Balaban J connectivity index is 1.40. The van der Waals surface area contributed by atoms with Gasteiger partial charge in [0.2, 0.25) is 0 Å². The number of allylic oxidation sites excluding steroid dienone is 3. The van der Waals surface area contributed by atoms with Crippen LogP contribution in [0.3, 0.4) is 0 Å². The third-order valence-electron chi connectivity index (χ3n) is 4.97. The fourth-order valence-electron chi connectivity index (χ4n) is 3.51. The molecule has 0 atom stereocenters. The SMILES string of the molecule is Cc1ccccc1C1(NC(=O)C2=NN=C3C2=CC2=C3C2)CC1. The van der Waals surface area contributed by atoms with Gasteiger partial charge in [0.25, 0.3) is 5.91 Å². The average molecular weight is 289 g/mol. The highest BCUT2D eigenvalue weighted by molar-refractivity contribution is 6.56. The van der Waals surface area contributed by atoms with Crippen LogP contribution in [-0.2, 0) is 10.3 Å². The molecule has 0 saturated heterocycles. The van der Waals surface area contributed by atoms with Crippen LogP contribution in [0.4, 0.5) is 0 Å². The van der Waals surface area contributed by atoms with E-state index in [4.69, 9.17) is 0 Å². The first-order chi connectivity index (χ1) is 10.7. The highest BCUT2D eigenvalue weighted by atomic mass is 16.2. The summed E-state index contributed by atoms with van der Waals surface area (Å²) in [6.07, 6.45) is 5.05. The quantitative estimate of drug-likeness (QED) is 0.913. The van der Waals surface area contributed by atoms with Gasteiger partial charge in [-0.25, -0.2) is 0 Å². The number of benzene rings is 1. The molecule has 4 heteroatoms. The summed E-state index contributed by atoms with van der Waals surface area (Å²) in [4.78, 5) is 12.7. The molecule has 1 aromatic rings. The lowest BCUT2D eigenvalue weighted by Gasteiger charge is -2.20. The summed E-state index contributed by atoms with van der Waals surface area (Å²) in [5.74, 6) is -0.103. The highest BCUT2D eigenvalue weighted by Crippen LogP contribution is 2.47. The van der Waals surface area contributed by atoms with Crippen molar-refractivity contribution in [1.29, 1.82) is 0 Å². The van der Waals surface area contributed by atoms with Crippen LogP contribution in [-0.4, -0.2) is 17.3 Å². The second-order valence-electron chi connectivity index (χ2n) is 6.49. The van der Waals surface area contributed by atoms with E-state index in [9.17, 15) is 4.79 Å². The van der Waals surface area contributed by atoms with Crippen molar-refractivity contribution in [1.82, 2.24) is 5.32 Å². The summed E-state index contributed by atoms with van der Waals surface area (Å²) in [6, 6.07) is 8.26. The minimum atomic E-state index is -0.212. The molecule has 5 rings (SSSR count). The van der Waals surface area contributed by atoms with Gasteiger partial charge in [-0.3, -0.25) is 4.79 Å². The van der Waals surface area contributed by atoms with Crippen LogP contribution < -0.4 is 5.32 Å². The summed E-state index contributed by atoms with van der Waals surface area (Å²) in [7, 11) is 0. The lowest BCUT2D eigenvalue weighted by atomic mass is 9.98. The number of fused-ring (bicyclic) bond motifs is 2. The highest BCUT2D eigenvalue weighted by Gasteiger charge is 2.48. The molecule has 22 heavy (non-hydrogen) atoms. The molecule has 1 fully saturated rings. The summed E-state index contributed by atoms with van der Waals surface area (Å²) in [6.45, 7) is 2.09. The first kappa shape index (κ1) is 12.1. The number of hydrogen-bond donors (Lipinski definition) is 1. The Kier molecular flexibility index (Phi) is 2.10. The molecule has 1 aromatic carbocycles. The zero-order chi connectivity index (χ0) is 14.9. The molecular weight excluding hydrogens is 274 g/mol. The molecule has 0 spiro atoms. The van der Waals surface area contributed by atoms with Crippen molar-refractivity contribution in [2.75, 3.05) is 0 Å². The van der Waals surface area contributed by atoms with Crippen LogP contribution in [0.5, 0.6) is 0 Å². The molecule has 1 saturated carbocycles. The number of aryl methyl sites for hydroxylation is 1. The lowest BCUT2D eigenvalue weighted by Crippen LogP contribution is -2.40. The van der Waals surface area contributed by atoms with Crippen molar-refractivity contribution in [3.8, 4) is 0 Å². The van der Waals surface area contributed by atoms with Gasteiger partial charge >= 0.3 is 0 Å². The summed E-state index contributed by atoms with van der Waals surface area (Å²) >= 11 is 0. The van der Waals surface area contributed by atoms with Gasteiger partial charge in [-0.2, -0.15) is 0 Å². The molecule has 0 bridgehead atoms. The van der Waals surface area contributed by atoms with Crippen LogP contribution in [0.25, 0.3) is 0 Å². The van der Waals surface area contributed by atoms with Gasteiger partial charge < -0.3 is 5.32 Å². The third-order valence-corrected chi connectivity index (χ3v) is 4.97. The van der Waals surface area contributed by atoms with Crippen LogP contribution in [0.15, 0.2) is 57.3 Å². The molecule has 1 N–H and O–H groups in total. The zero-order valence-corrected chi connectivity index (χ0v) is 12.3. The Hall–Kier alpha value is -2.49. The Morgan fingerprint density at radius 1 is 1.23 bits per heavy atom. The lowest BCUT2D eigenvalue weighted by molar-refractivity contribution is -0.115. The van der Waals surface area contributed by atoms with Crippen molar-refractivity contribution in [2.45, 2.75) is 31.7 Å². The fraction of sp³-hybridized carbons (Fsp3) is 0.278. The van der Waals surface area contributed by atoms with E-state index in [0.717, 1.165) is 30.5 Å². The Labute approximate surface area is 128 Å². The first-order valence-electron chi connectivity index (χ1n) is 7.67. The minimum absolute atomic E-state index is 0.103. The number of hydrogen-bond acceptors (Lipinski definition) is 3. The summed E-state index contributed by atoms with van der Waals surface area (Å²) < 4.78 is 0. The normalized spacial score (nSPS) is 22.5. The molecule has 4 nitrogen and oxygen atoms in total. The van der Waals surface area contributed by atoms with Crippen LogP contribution in [0.2, 0.25) is 0 Å². The van der Waals surface area contributed by atoms with Crippen molar-refractivity contribution in [3.63, 3.8) is 0 Å². The molecule has 4 aliphatic rings. The number of carbonyl (C=O) groups excluding carboxylic acids is 1. The third kappa shape index (κ3) is 1.55. The maximum absolute atomic E-state index is 12.7. The fourth-order valence-corrected chi connectivity index (χ4v) is 3.51. The van der Waals surface area contributed by atoms with Crippen LogP contribution >= 0.6 is 0 Å². The van der Waals surface area contributed by atoms with E-state index >= 15 is 0 Å².